The molecule has 0 N–H and O–H groups in total. The van der Waals surface area contributed by atoms with Crippen molar-refractivity contribution in [1.82, 2.24) is 14.5 Å². The van der Waals surface area contributed by atoms with Crippen molar-refractivity contribution in [2.24, 2.45) is 0 Å². The molecule has 0 aliphatic carbocycles. The average Bonchev–Trinajstić information content (AvgIpc) is 2.97. The lowest BCUT2D eigenvalue weighted by atomic mass is 9.95. The standard InChI is InChI=1S/C18H21N3O4S/c1-18(2)6-12-10(8-25-18)5-11-14-15(26-16(11)20-12)17(22)21(9-19-14)7-13(23-3)24-4/h5,9,13H,6-8H2,1-4H3. The number of aromatic nitrogens is 3. The van der Waals surface area contributed by atoms with E-state index in [0.29, 0.717) is 16.8 Å². The zero-order chi connectivity index (χ0) is 18.5. The maximum atomic E-state index is 12.9. The first-order chi connectivity index (χ1) is 12.4. The summed E-state index contributed by atoms with van der Waals surface area (Å²) in [5.74, 6) is 0. The second kappa shape index (κ2) is 6.38. The van der Waals surface area contributed by atoms with Crippen LogP contribution in [0.3, 0.4) is 0 Å². The lowest BCUT2D eigenvalue weighted by molar-refractivity contribution is -0.111. The summed E-state index contributed by atoms with van der Waals surface area (Å²) < 4.78 is 18.4. The predicted molar refractivity (Wildman–Crippen MR) is 99.6 cm³/mol. The molecule has 0 aromatic carbocycles. The minimum absolute atomic E-state index is 0.105. The summed E-state index contributed by atoms with van der Waals surface area (Å²) >= 11 is 1.39. The van der Waals surface area contributed by atoms with Gasteiger partial charge in [0.25, 0.3) is 5.56 Å². The Balaban J connectivity index is 1.84. The molecular formula is C18H21N3O4S. The van der Waals surface area contributed by atoms with Crippen molar-refractivity contribution in [1.29, 1.82) is 0 Å². The summed E-state index contributed by atoms with van der Waals surface area (Å²) in [5, 5.41) is 0.909. The molecule has 0 radical (unpaired) electrons. The fourth-order valence-electron chi connectivity index (χ4n) is 3.21. The number of thiophene rings is 1. The highest BCUT2D eigenvalue weighted by atomic mass is 32.1. The topological polar surface area (TPSA) is 75.5 Å². The SMILES string of the molecule is COC(Cn1cnc2c(sc3nc4c(cc32)COC(C)(C)C4)c1=O)OC. The van der Waals surface area contributed by atoms with Crippen LogP contribution in [0.5, 0.6) is 0 Å². The molecule has 1 aliphatic heterocycles. The van der Waals surface area contributed by atoms with Gasteiger partial charge < -0.3 is 14.2 Å². The van der Waals surface area contributed by atoms with Gasteiger partial charge in [0, 0.05) is 31.6 Å². The molecular weight excluding hydrogens is 354 g/mol. The first kappa shape index (κ1) is 17.5. The van der Waals surface area contributed by atoms with Crippen LogP contribution >= 0.6 is 11.3 Å². The van der Waals surface area contributed by atoms with Crippen LogP contribution in [-0.4, -0.2) is 40.6 Å². The molecule has 8 heteroatoms. The van der Waals surface area contributed by atoms with Gasteiger partial charge in [-0.2, -0.15) is 0 Å². The number of pyridine rings is 1. The predicted octanol–water partition coefficient (Wildman–Crippen LogP) is 2.48. The van der Waals surface area contributed by atoms with Gasteiger partial charge in [-0.3, -0.25) is 9.36 Å². The molecule has 0 spiro atoms. The third-order valence-electron chi connectivity index (χ3n) is 4.69. The highest BCUT2D eigenvalue weighted by Crippen LogP contribution is 2.34. The summed E-state index contributed by atoms with van der Waals surface area (Å²) in [6, 6.07) is 2.07. The van der Waals surface area contributed by atoms with Crippen LogP contribution in [0.2, 0.25) is 0 Å². The Morgan fingerprint density at radius 2 is 2.15 bits per heavy atom. The normalized spacial score (nSPS) is 16.5. The molecule has 3 aromatic rings. The Hall–Kier alpha value is -1.87. The van der Waals surface area contributed by atoms with Gasteiger partial charge in [-0.25, -0.2) is 9.97 Å². The van der Waals surface area contributed by atoms with Gasteiger partial charge in [-0.15, -0.1) is 11.3 Å². The lowest BCUT2D eigenvalue weighted by Gasteiger charge is -2.30. The van der Waals surface area contributed by atoms with E-state index >= 15 is 0 Å². The maximum Gasteiger partial charge on any atom is 0.271 e. The van der Waals surface area contributed by atoms with Crippen molar-refractivity contribution >= 4 is 31.8 Å². The van der Waals surface area contributed by atoms with Crippen LogP contribution in [0, 0.1) is 0 Å². The van der Waals surface area contributed by atoms with Gasteiger partial charge in [0.2, 0.25) is 0 Å². The van der Waals surface area contributed by atoms with Crippen LogP contribution in [0.1, 0.15) is 25.1 Å². The van der Waals surface area contributed by atoms with Gasteiger partial charge in [0.1, 0.15) is 9.53 Å². The largest absolute Gasteiger partial charge is 0.370 e. The van der Waals surface area contributed by atoms with Crippen LogP contribution < -0.4 is 5.56 Å². The van der Waals surface area contributed by atoms with Crippen molar-refractivity contribution in [2.75, 3.05) is 14.2 Å². The van der Waals surface area contributed by atoms with E-state index in [9.17, 15) is 4.79 Å². The number of fused-ring (bicyclic) bond motifs is 4. The smallest absolute Gasteiger partial charge is 0.271 e. The minimum Gasteiger partial charge on any atom is -0.370 e. The molecule has 3 aromatic heterocycles. The first-order valence-corrected chi connectivity index (χ1v) is 9.23. The second-order valence-corrected chi connectivity index (χ2v) is 8.05. The zero-order valence-corrected chi connectivity index (χ0v) is 16.1. The number of rotatable bonds is 4. The van der Waals surface area contributed by atoms with E-state index in [1.165, 1.54) is 15.9 Å². The quantitative estimate of drug-likeness (QED) is 0.652. The monoisotopic (exact) mass is 375 g/mol. The molecule has 0 fully saturated rings. The summed E-state index contributed by atoms with van der Waals surface area (Å²) in [5.41, 5.74) is 2.48. The number of hydrogen-bond donors (Lipinski definition) is 0. The number of hydrogen-bond acceptors (Lipinski definition) is 7. The highest BCUT2D eigenvalue weighted by Gasteiger charge is 2.28. The Kier molecular flexibility index (Phi) is 4.31. The molecule has 4 heterocycles. The van der Waals surface area contributed by atoms with E-state index in [0.717, 1.165) is 27.9 Å². The van der Waals surface area contributed by atoms with E-state index in [1.54, 1.807) is 20.5 Å². The Bertz CT molecular complexity index is 1040. The fourth-order valence-corrected chi connectivity index (χ4v) is 4.29. The average molecular weight is 375 g/mol. The maximum absolute atomic E-state index is 12.9. The van der Waals surface area contributed by atoms with Crippen LogP contribution in [0.4, 0.5) is 0 Å². The number of methoxy groups -OCH3 is 2. The highest BCUT2D eigenvalue weighted by molar-refractivity contribution is 7.25. The van der Waals surface area contributed by atoms with Crippen molar-refractivity contribution in [3.05, 3.63) is 34.0 Å². The van der Waals surface area contributed by atoms with Crippen LogP contribution in [0.15, 0.2) is 17.2 Å². The molecule has 0 saturated heterocycles. The van der Waals surface area contributed by atoms with Gasteiger partial charge in [-0.05, 0) is 19.9 Å². The van der Waals surface area contributed by atoms with Crippen LogP contribution in [-0.2, 0) is 33.8 Å². The molecule has 26 heavy (non-hydrogen) atoms. The van der Waals surface area contributed by atoms with Crippen molar-refractivity contribution in [3.8, 4) is 0 Å². The number of ether oxygens (including phenoxy) is 3. The van der Waals surface area contributed by atoms with E-state index in [4.69, 9.17) is 19.2 Å². The van der Waals surface area contributed by atoms with E-state index in [1.807, 2.05) is 0 Å². The van der Waals surface area contributed by atoms with E-state index < -0.39 is 6.29 Å². The molecule has 0 amide bonds. The molecule has 0 atom stereocenters. The van der Waals surface area contributed by atoms with Crippen molar-refractivity contribution in [2.45, 2.75) is 45.3 Å². The zero-order valence-electron chi connectivity index (χ0n) is 15.2. The molecule has 0 bridgehead atoms. The van der Waals surface area contributed by atoms with Crippen molar-refractivity contribution in [3.63, 3.8) is 0 Å². The third kappa shape index (κ3) is 2.92. The van der Waals surface area contributed by atoms with E-state index in [-0.39, 0.29) is 17.7 Å². The molecule has 7 nitrogen and oxygen atoms in total. The summed E-state index contributed by atoms with van der Waals surface area (Å²) in [4.78, 5) is 23.0. The Labute approximate surface area is 154 Å². The van der Waals surface area contributed by atoms with Crippen molar-refractivity contribution < 1.29 is 14.2 Å². The fraction of sp³-hybridized carbons (Fsp3) is 0.500. The van der Waals surface area contributed by atoms with Gasteiger partial charge in [0.15, 0.2) is 6.29 Å². The molecule has 1 aliphatic rings. The van der Waals surface area contributed by atoms with E-state index in [2.05, 4.69) is 24.9 Å². The number of nitrogens with zero attached hydrogens (tertiary/aromatic N) is 3. The molecule has 0 unspecified atom stereocenters. The summed E-state index contributed by atoms with van der Waals surface area (Å²) in [6.45, 7) is 4.95. The van der Waals surface area contributed by atoms with Gasteiger partial charge in [0.05, 0.1) is 36.3 Å². The van der Waals surface area contributed by atoms with Crippen LogP contribution in [0.25, 0.3) is 20.4 Å². The summed E-state index contributed by atoms with van der Waals surface area (Å²) in [7, 11) is 3.09. The van der Waals surface area contributed by atoms with Gasteiger partial charge >= 0.3 is 0 Å². The lowest BCUT2D eigenvalue weighted by Crippen LogP contribution is -2.32. The Morgan fingerprint density at radius 1 is 1.38 bits per heavy atom. The third-order valence-corrected chi connectivity index (χ3v) is 5.77. The Morgan fingerprint density at radius 3 is 2.88 bits per heavy atom. The molecule has 138 valence electrons. The van der Waals surface area contributed by atoms with Gasteiger partial charge in [-0.1, -0.05) is 0 Å². The summed E-state index contributed by atoms with van der Waals surface area (Å²) in [6.07, 6.45) is 1.81. The first-order valence-electron chi connectivity index (χ1n) is 8.42. The molecule has 4 rings (SSSR count). The molecule has 0 saturated carbocycles. The minimum atomic E-state index is -0.494. The second-order valence-electron chi connectivity index (χ2n) is 7.05.